The first-order valence-electron chi connectivity index (χ1n) is 13.7. The summed E-state index contributed by atoms with van der Waals surface area (Å²) in [5.74, 6) is -0.529. The van der Waals surface area contributed by atoms with E-state index in [-0.39, 0.29) is 24.3 Å². The Bertz CT molecular complexity index is 1580. The number of hydrogen-bond acceptors (Lipinski definition) is 5. The van der Waals surface area contributed by atoms with Crippen LogP contribution in [-0.4, -0.2) is 36.4 Å². The highest BCUT2D eigenvalue weighted by Crippen LogP contribution is 2.45. The lowest BCUT2D eigenvalue weighted by molar-refractivity contribution is -0.132. The second-order valence-corrected chi connectivity index (χ2v) is 9.67. The molecule has 4 rings (SSSR count). The number of nitrogens with one attached hydrogen (secondary N) is 2. The first-order chi connectivity index (χ1) is 19.9. The Labute approximate surface area is 239 Å². The number of ether oxygens (including phenoxy) is 2. The van der Waals surface area contributed by atoms with Crippen molar-refractivity contribution in [3.8, 4) is 22.6 Å². The maximum absolute atomic E-state index is 12.8. The van der Waals surface area contributed by atoms with E-state index in [0.29, 0.717) is 23.4 Å². The molecule has 4 aromatic rings. The predicted molar refractivity (Wildman–Crippen MR) is 160 cm³/mol. The van der Waals surface area contributed by atoms with Crippen LogP contribution in [0.2, 0.25) is 0 Å². The Kier molecular flexibility index (Phi) is 9.94. The monoisotopic (exact) mass is 554 g/mol. The maximum atomic E-state index is 12.8. The molecule has 4 aromatic carbocycles. The molecular weight excluding hydrogens is 520 g/mol. The van der Waals surface area contributed by atoms with Crippen LogP contribution in [0.25, 0.3) is 32.7 Å². The van der Waals surface area contributed by atoms with Crippen molar-refractivity contribution < 1.29 is 29.0 Å². The van der Waals surface area contributed by atoms with Crippen LogP contribution in [0.5, 0.6) is 11.5 Å². The van der Waals surface area contributed by atoms with Crippen LogP contribution < -0.4 is 20.1 Å². The molecule has 0 aliphatic carbocycles. The summed E-state index contributed by atoms with van der Waals surface area (Å²) >= 11 is 0. The number of fused-ring (bicyclic) bond motifs is 2. The fraction of sp³-hybridized carbons (Fsp3) is 0.242. The molecule has 0 aliphatic heterocycles. The van der Waals surface area contributed by atoms with Crippen LogP contribution in [0.15, 0.2) is 84.9 Å². The minimum Gasteiger partial charge on any atom is -0.478 e. The summed E-state index contributed by atoms with van der Waals surface area (Å²) in [7, 11) is 0. The third-order valence-electron chi connectivity index (χ3n) is 6.74. The van der Waals surface area contributed by atoms with E-state index >= 15 is 0 Å². The van der Waals surface area contributed by atoms with Crippen molar-refractivity contribution in [1.29, 1.82) is 0 Å². The van der Waals surface area contributed by atoms with Gasteiger partial charge >= 0.3 is 18.2 Å². The lowest BCUT2D eigenvalue weighted by Gasteiger charge is -2.19. The van der Waals surface area contributed by atoms with Gasteiger partial charge in [0.15, 0.2) is 0 Å². The van der Waals surface area contributed by atoms with Gasteiger partial charge in [0.2, 0.25) is 0 Å². The van der Waals surface area contributed by atoms with E-state index in [9.17, 15) is 14.4 Å². The SMILES string of the molecule is C=C(CCNC(=O)Oc1ccc2ccccc2c1-c1c(OC(=O)NCCCCCC)ccc2ccccc12)C(=O)O. The van der Waals surface area contributed by atoms with Crippen molar-refractivity contribution in [2.75, 3.05) is 13.1 Å². The van der Waals surface area contributed by atoms with Crippen LogP contribution in [0, 0.1) is 0 Å². The number of benzene rings is 4. The van der Waals surface area contributed by atoms with E-state index in [1.54, 1.807) is 12.1 Å². The first-order valence-corrected chi connectivity index (χ1v) is 13.7. The number of unbranched alkanes of at least 4 members (excludes halogenated alkanes) is 3. The van der Waals surface area contributed by atoms with Crippen LogP contribution in [0.3, 0.4) is 0 Å². The number of hydrogen-bond donors (Lipinski definition) is 3. The Hall–Kier alpha value is -4.85. The number of amides is 2. The van der Waals surface area contributed by atoms with Crippen LogP contribution in [-0.2, 0) is 4.79 Å². The molecule has 41 heavy (non-hydrogen) atoms. The molecule has 0 aliphatic rings. The molecule has 0 spiro atoms. The quantitative estimate of drug-likeness (QED) is 0.124. The summed E-state index contributed by atoms with van der Waals surface area (Å²) in [6.07, 6.45) is 2.88. The number of rotatable bonds is 12. The Morgan fingerprint density at radius 2 is 1.22 bits per heavy atom. The van der Waals surface area contributed by atoms with Crippen molar-refractivity contribution >= 4 is 39.7 Å². The highest BCUT2D eigenvalue weighted by atomic mass is 16.6. The van der Waals surface area contributed by atoms with Crippen molar-refractivity contribution in [3.05, 3.63) is 84.9 Å². The lowest BCUT2D eigenvalue weighted by Crippen LogP contribution is -2.28. The fourth-order valence-electron chi connectivity index (χ4n) is 4.63. The van der Waals surface area contributed by atoms with Gasteiger partial charge < -0.3 is 25.2 Å². The van der Waals surface area contributed by atoms with Crippen molar-refractivity contribution in [2.24, 2.45) is 0 Å². The normalized spacial score (nSPS) is 10.8. The van der Waals surface area contributed by atoms with Gasteiger partial charge in [0.25, 0.3) is 0 Å². The molecule has 0 fully saturated rings. The predicted octanol–water partition coefficient (Wildman–Crippen LogP) is 7.45. The van der Waals surface area contributed by atoms with Gasteiger partial charge in [-0.1, -0.05) is 93.4 Å². The summed E-state index contributed by atoms with van der Waals surface area (Å²) in [4.78, 5) is 36.7. The highest BCUT2D eigenvalue weighted by Gasteiger charge is 2.22. The summed E-state index contributed by atoms with van der Waals surface area (Å²) < 4.78 is 11.6. The topological polar surface area (TPSA) is 114 Å². The molecule has 0 saturated heterocycles. The Morgan fingerprint density at radius 3 is 1.73 bits per heavy atom. The zero-order chi connectivity index (χ0) is 29.2. The van der Waals surface area contributed by atoms with Crippen molar-refractivity contribution in [3.63, 3.8) is 0 Å². The molecular formula is C33H34N2O6. The standard InChI is InChI=1S/C33H34N2O6/c1-3-4-5-10-20-34-32(38)40-27-17-15-23-11-6-8-13-25(23)29(27)30-26-14-9-7-12-24(26)16-18-28(30)41-33(39)35-21-19-22(2)31(36)37/h6-9,11-18H,2-5,10,19-21H2,1H3,(H,34,38)(H,35,39)(H,36,37). The minimum atomic E-state index is -1.12. The molecule has 0 unspecified atom stereocenters. The summed E-state index contributed by atoms with van der Waals surface area (Å²) in [5, 5.41) is 17.9. The molecule has 212 valence electrons. The minimum absolute atomic E-state index is 0.0159. The summed E-state index contributed by atoms with van der Waals surface area (Å²) in [6, 6.07) is 22.6. The van der Waals surface area contributed by atoms with E-state index in [0.717, 1.165) is 47.2 Å². The third-order valence-corrected chi connectivity index (χ3v) is 6.74. The van der Waals surface area contributed by atoms with Crippen LogP contribution in [0.1, 0.15) is 39.0 Å². The molecule has 0 aromatic heterocycles. The van der Waals surface area contributed by atoms with Gasteiger partial charge in [-0.15, -0.1) is 0 Å². The molecule has 2 amide bonds. The smallest absolute Gasteiger partial charge is 0.412 e. The van der Waals surface area contributed by atoms with Crippen molar-refractivity contribution in [2.45, 2.75) is 39.0 Å². The van der Waals surface area contributed by atoms with Crippen LogP contribution >= 0.6 is 0 Å². The third kappa shape index (κ3) is 7.42. The summed E-state index contributed by atoms with van der Waals surface area (Å²) in [6.45, 7) is 6.17. The zero-order valence-electron chi connectivity index (χ0n) is 23.1. The molecule has 8 heteroatoms. The first kappa shape index (κ1) is 29.1. The van der Waals surface area contributed by atoms with E-state index in [4.69, 9.17) is 14.6 Å². The molecule has 8 nitrogen and oxygen atoms in total. The average molecular weight is 555 g/mol. The molecule has 0 heterocycles. The number of carboxylic acids is 1. The molecule has 0 saturated carbocycles. The lowest BCUT2D eigenvalue weighted by atomic mass is 9.92. The highest BCUT2D eigenvalue weighted by molar-refractivity contribution is 6.10. The second-order valence-electron chi connectivity index (χ2n) is 9.67. The number of carbonyl (C=O) groups is 3. The van der Waals surface area contributed by atoms with E-state index < -0.39 is 18.2 Å². The zero-order valence-corrected chi connectivity index (χ0v) is 23.1. The van der Waals surface area contributed by atoms with Gasteiger partial charge in [-0.05, 0) is 46.5 Å². The van der Waals surface area contributed by atoms with Gasteiger partial charge in [-0.25, -0.2) is 14.4 Å². The number of carboxylic acid groups (broad SMARTS) is 1. The average Bonchev–Trinajstić information content (AvgIpc) is 2.97. The van der Waals surface area contributed by atoms with Gasteiger partial charge in [-0.2, -0.15) is 0 Å². The number of carbonyl (C=O) groups excluding carboxylic acids is 2. The fourth-order valence-corrected chi connectivity index (χ4v) is 4.63. The van der Waals surface area contributed by atoms with Crippen molar-refractivity contribution in [1.82, 2.24) is 10.6 Å². The maximum Gasteiger partial charge on any atom is 0.412 e. The Balaban J connectivity index is 1.73. The Morgan fingerprint density at radius 1 is 0.707 bits per heavy atom. The summed E-state index contributed by atoms with van der Waals surface area (Å²) in [5.41, 5.74) is 1.19. The molecule has 0 radical (unpaired) electrons. The van der Waals surface area contributed by atoms with Gasteiger partial charge in [0.1, 0.15) is 11.5 Å². The molecule has 0 bridgehead atoms. The van der Waals surface area contributed by atoms with Crippen LogP contribution in [0.4, 0.5) is 9.59 Å². The largest absolute Gasteiger partial charge is 0.478 e. The van der Waals surface area contributed by atoms with Gasteiger partial charge in [0.05, 0.1) is 0 Å². The molecule has 0 atom stereocenters. The molecule has 3 N–H and O–H groups in total. The second kappa shape index (κ2) is 14.0. The van der Waals surface area contributed by atoms with Gasteiger partial charge in [-0.3, -0.25) is 0 Å². The van der Waals surface area contributed by atoms with E-state index in [2.05, 4.69) is 24.1 Å². The van der Waals surface area contributed by atoms with E-state index in [1.165, 1.54) is 0 Å². The van der Waals surface area contributed by atoms with Gasteiger partial charge in [0, 0.05) is 29.8 Å². The van der Waals surface area contributed by atoms with E-state index in [1.807, 2.05) is 60.7 Å². The number of aliphatic carboxylic acids is 1.